The largest absolute Gasteiger partial charge is 0.471 e. The third-order valence-electron chi connectivity index (χ3n) is 4.56. The van der Waals surface area contributed by atoms with Crippen molar-refractivity contribution in [2.75, 3.05) is 6.54 Å². The summed E-state index contributed by atoms with van der Waals surface area (Å²) in [5.41, 5.74) is 0.334. The number of hydrogen-bond acceptors (Lipinski definition) is 3. The molecular formula is C14H24N2O. The van der Waals surface area contributed by atoms with Gasteiger partial charge in [-0.2, -0.15) is 0 Å². The number of hydrogen-bond donors (Lipinski definition) is 1. The Bertz CT molecular complexity index is 331. The lowest BCUT2D eigenvalue weighted by Gasteiger charge is -2.49. The van der Waals surface area contributed by atoms with Crippen LogP contribution in [0.15, 0.2) is 12.5 Å². The summed E-state index contributed by atoms with van der Waals surface area (Å²) in [5.74, 6) is 0.772. The van der Waals surface area contributed by atoms with Crippen molar-refractivity contribution in [3.8, 4) is 0 Å². The highest BCUT2D eigenvalue weighted by Gasteiger charge is 2.54. The molecule has 0 saturated carbocycles. The van der Waals surface area contributed by atoms with Crippen molar-refractivity contribution in [1.82, 2.24) is 10.2 Å². The van der Waals surface area contributed by atoms with Gasteiger partial charge in [0, 0.05) is 30.5 Å². The van der Waals surface area contributed by atoms with Crippen LogP contribution in [0.25, 0.3) is 0 Å². The predicted molar refractivity (Wildman–Crippen MR) is 68.6 cm³/mol. The summed E-state index contributed by atoms with van der Waals surface area (Å²) in [4.78, 5) is 2.72. The second-order valence-corrected chi connectivity index (χ2v) is 6.93. The third kappa shape index (κ3) is 1.75. The first-order valence-electron chi connectivity index (χ1n) is 6.80. The summed E-state index contributed by atoms with van der Waals surface area (Å²) in [6.07, 6.45) is 4.98. The Hall–Kier alpha value is -0.700. The topological polar surface area (TPSA) is 24.5 Å². The predicted octanol–water partition coefficient (Wildman–Crippen LogP) is 2.24. The van der Waals surface area contributed by atoms with Crippen molar-refractivity contribution in [3.63, 3.8) is 0 Å². The average molecular weight is 236 g/mol. The van der Waals surface area contributed by atoms with Gasteiger partial charge in [0.15, 0.2) is 5.88 Å². The van der Waals surface area contributed by atoms with Crippen molar-refractivity contribution in [2.24, 2.45) is 0 Å². The molecule has 3 rings (SSSR count). The first-order valence-corrected chi connectivity index (χ1v) is 6.80. The number of fused-ring (bicyclic) bond motifs is 2. The zero-order valence-electron chi connectivity index (χ0n) is 11.3. The van der Waals surface area contributed by atoms with Gasteiger partial charge in [-0.05, 0) is 40.2 Å². The first kappa shape index (κ1) is 11.4. The molecule has 96 valence electrons. The van der Waals surface area contributed by atoms with Crippen molar-refractivity contribution in [3.05, 3.63) is 12.5 Å². The minimum Gasteiger partial charge on any atom is -0.471 e. The lowest BCUT2D eigenvalue weighted by atomic mass is 9.83. The van der Waals surface area contributed by atoms with Gasteiger partial charge >= 0.3 is 0 Å². The number of rotatable bonds is 0. The molecule has 0 amide bonds. The molecule has 0 aliphatic carbocycles. The third-order valence-corrected chi connectivity index (χ3v) is 4.56. The Morgan fingerprint density at radius 3 is 2.29 bits per heavy atom. The van der Waals surface area contributed by atoms with E-state index in [1.807, 2.05) is 0 Å². The molecule has 3 nitrogen and oxygen atoms in total. The van der Waals surface area contributed by atoms with Gasteiger partial charge in [-0.1, -0.05) is 0 Å². The van der Waals surface area contributed by atoms with E-state index in [-0.39, 0.29) is 11.1 Å². The van der Waals surface area contributed by atoms with Gasteiger partial charge in [0.25, 0.3) is 0 Å². The fraction of sp³-hybridized carbons (Fsp3) is 0.857. The van der Waals surface area contributed by atoms with Crippen LogP contribution in [0, 0.1) is 0 Å². The average Bonchev–Trinajstić information content (AvgIpc) is 2.67. The van der Waals surface area contributed by atoms with Crippen LogP contribution in [-0.4, -0.2) is 34.7 Å². The summed E-state index contributed by atoms with van der Waals surface area (Å²) in [5, 5.41) is 3.27. The van der Waals surface area contributed by atoms with E-state index in [1.165, 1.54) is 12.8 Å². The Morgan fingerprint density at radius 1 is 1.29 bits per heavy atom. The van der Waals surface area contributed by atoms with E-state index in [1.54, 1.807) is 0 Å². The summed E-state index contributed by atoms with van der Waals surface area (Å²) in [6.45, 7) is 11.9. The van der Waals surface area contributed by atoms with Crippen LogP contribution in [0.3, 0.4) is 0 Å². The van der Waals surface area contributed by atoms with E-state index in [2.05, 4.69) is 37.6 Å². The fourth-order valence-electron chi connectivity index (χ4n) is 4.22. The highest BCUT2D eigenvalue weighted by Crippen LogP contribution is 2.47. The first-order chi connectivity index (χ1) is 7.90. The molecule has 2 bridgehead atoms. The van der Waals surface area contributed by atoms with Crippen LogP contribution >= 0.6 is 0 Å². The molecule has 0 aromatic rings. The summed E-state index contributed by atoms with van der Waals surface area (Å²) >= 11 is 0. The number of nitrogens with one attached hydrogen (secondary N) is 1. The molecule has 3 fully saturated rings. The van der Waals surface area contributed by atoms with Crippen molar-refractivity contribution in [2.45, 2.75) is 69.7 Å². The maximum atomic E-state index is 6.00. The van der Waals surface area contributed by atoms with Gasteiger partial charge in [0.05, 0.1) is 6.54 Å². The molecular weight excluding hydrogens is 212 g/mol. The van der Waals surface area contributed by atoms with Crippen LogP contribution in [0.1, 0.15) is 46.5 Å². The maximum Gasteiger partial charge on any atom is 0.180 e. The smallest absolute Gasteiger partial charge is 0.180 e. The van der Waals surface area contributed by atoms with E-state index >= 15 is 0 Å². The van der Waals surface area contributed by atoms with E-state index < -0.39 is 0 Å². The molecule has 17 heavy (non-hydrogen) atoms. The highest BCUT2D eigenvalue weighted by molar-refractivity contribution is 5.11. The van der Waals surface area contributed by atoms with Crippen LogP contribution < -0.4 is 5.32 Å². The van der Waals surface area contributed by atoms with Gasteiger partial charge in [0.2, 0.25) is 0 Å². The van der Waals surface area contributed by atoms with Crippen molar-refractivity contribution >= 4 is 0 Å². The standard InChI is InChI=1S/C14H24N2O/c1-10-15-9-14(17-10)7-11-5-6-12(8-14)16(11)13(2,3)4/h11-12,15H,1,5-9H2,2-4H3/t11-,12?,14+/m1/s1. The summed E-state index contributed by atoms with van der Waals surface area (Å²) in [7, 11) is 0. The number of ether oxygens (including phenoxy) is 1. The quantitative estimate of drug-likeness (QED) is 0.698. The monoisotopic (exact) mass is 236 g/mol. The van der Waals surface area contributed by atoms with Gasteiger partial charge in [-0.15, -0.1) is 0 Å². The van der Waals surface area contributed by atoms with E-state index in [4.69, 9.17) is 4.74 Å². The van der Waals surface area contributed by atoms with Gasteiger partial charge in [-0.25, -0.2) is 0 Å². The molecule has 3 aliphatic rings. The van der Waals surface area contributed by atoms with Gasteiger partial charge < -0.3 is 10.1 Å². The Balaban J connectivity index is 1.82. The van der Waals surface area contributed by atoms with Crippen molar-refractivity contribution < 1.29 is 4.74 Å². The summed E-state index contributed by atoms with van der Waals surface area (Å²) < 4.78 is 6.00. The molecule has 1 unspecified atom stereocenters. The highest BCUT2D eigenvalue weighted by atomic mass is 16.5. The minimum atomic E-state index is 0.0463. The normalized spacial score (nSPS) is 41.7. The SMILES string of the molecule is C=C1NC[C@]2(CC3CC[C@H](C2)N3C(C)(C)C)O1. The zero-order chi connectivity index (χ0) is 12.3. The molecule has 3 heteroatoms. The van der Waals surface area contributed by atoms with E-state index in [9.17, 15) is 0 Å². The number of nitrogens with zero attached hydrogens (tertiary/aromatic N) is 1. The lowest BCUT2D eigenvalue weighted by Crippen LogP contribution is -2.58. The number of piperidine rings is 1. The van der Waals surface area contributed by atoms with E-state index in [0.717, 1.165) is 25.3 Å². The fourth-order valence-corrected chi connectivity index (χ4v) is 4.22. The lowest BCUT2D eigenvalue weighted by molar-refractivity contribution is -0.0680. The van der Waals surface area contributed by atoms with E-state index in [0.29, 0.717) is 12.1 Å². The van der Waals surface area contributed by atoms with Gasteiger partial charge in [0.1, 0.15) is 5.60 Å². The van der Waals surface area contributed by atoms with Crippen LogP contribution in [0.4, 0.5) is 0 Å². The molecule has 3 atom stereocenters. The Labute approximate surface area is 104 Å². The zero-order valence-corrected chi connectivity index (χ0v) is 11.3. The molecule has 0 aromatic heterocycles. The van der Waals surface area contributed by atoms with Crippen LogP contribution in [0.5, 0.6) is 0 Å². The second-order valence-electron chi connectivity index (χ2n) is 6.93. The Kier molecular flexibility index (Phi) is 2.28. The molecule has 1 N–H and O–H groups in total. The molecule has 0 radical (unpaired) electrons. The second kappa shape index (κ2) is 3.41. The molecule has 0 aromatic carbocycles. The summed E-state index contributed by atoms with van der Waals surface area (Å²) in [6, 6.07) is 1.39. The molecule has 3 saturated heterocycles. The Morgan fingerprint density at radius 2 is 1.88 bits per heavy atom. The molecule has 1 spiro atoms. The van der Waals surface area contributed by atoms with Crippen LogP contribution in [0.2, 0.25) is 0 Å². The molecule has 3 aliphatic heterocycles. The minimum absolute atomic E-state index is 0.0463. The van der Waals surface area contributed by atoms with Gasteiger partial charge in [-0.3, -0.25) is 4.90 Å². The van der Waals surface area contributed by atoms with Crippen molar-refractivity contribution in [1.29, 1.82) is 0 Å². The molecule has 3 heterocycles. The van der Waals surface area contributed by atoms with Crippen LogP contribution in [-0.2, 0) is 4.74 Å². The maximum absolute atomic E-state index is 6.00.